The highest BCUT2D eigenvalue weighted by atomic mass is 16.2. The zero-order chi connectivity index (χ0) is 19.8. The van der Waals surface area contributed by atoms with Gasteiger partial charge in [-0.3, -0.25) is 14.2 Å². The number of likely N-dealkylation sites (tertiary alicyclic amines) is 1. The van der Waals surface area contributed by atoms with E-state index in [2.05, 4.69) is 10.1 Å². The summed E-state index contributed by atoms with van der Waals surface area (Å²) in [5.41, 5.74) is 1.13. The highest BCUT2D eigenvalue weighted by molar-refractivity contribution is 5.78. The number of amides is 1. The van der Waals surface area contributed by atoms with Gasteiger partial charge in [-0.15, -0.1) is 0 Å². The van der Waals surface area contributed by atoms with Crippen LogP contribution in [0, 0.1) is 11.8 Å². The monoisotopic (exact) mass is 391 g/mol. The van der Waals surface area contributed by atoms with Crippen LogP contribution in [0.1, 0.15) is 32.1 Å². The van der Waals surface area contributed by atoms with E-state index in [4.69, 9.17) is 0 Å². The molecule has 150 valence electrons. The predicted molar refractivity (Wildman–Crippen MR) is 110 cm³/mol. The Kier molecular flexibility index (Phi) is 4.66. The number of rotatable bonds is 3. The third-order valence-corrected chi connectivity index (χ3v) is 6.50. The number of carbonyl (C=O) groups excluding carboxylic acids is 1. The molecule has 0 radical (unpaired) electrons. The number of aromatic nitrogens is 4. The van der Waals surface area contributed by atoms with E-state index in [9.17, 15) is 9.59 Å². The van der Waals surface area contributed by atoms with Crippen LogP contribution in [0.25, 0.3) is 16.7 Å². The summed E-state index contributed by atoms with van der Waals surface area (Å²) in [7, 11) is 0. The van der Waals surface area contributed by atoms with E-state index < -0.39 is 0 Å². The van der Waals surface area contributed by atoms with Crippen molar-refractivity contribution in [2.45, 2.75) is 38.6 Å². The second-order valence-corrected chi connectivity index (χ2v) is 8.24. The summed E-state index contributed by atoms with van der Waals surface area (Å²) in [6, 6.07) is 9.59. The summed E-state index contributed by atoms with van der Waals surface area (Å²) in [6.45, 7) is 1.67. The minimum absolute atomic E-state index is 0.00715. The number of fused-ring (bicyclic) bond motifs is 2. The van der Waals surface area contributed by atoms with Gasteiger partial charge in [0.2, 0.25) is 5.91 Å². The van der Waals surface area contributed by atoms with Gasteiger partial charge in [-0.25, -0.2) is 9.67 Å². The van der Waals surface area contributed by atoms with Crippen LogP contribution < -0.4 is 5.56 Å². The lowest BCUT2D eigenvalue weighted by molar-refractivity contribution is -0.135. The number of carbonyl (C=O) groups is 1. The molecule has 2 fully saturated rings. The third-order valence-electron chi connectivity index (χ3n) is 6.50. The van der Waals surface area contributed by atoms with E-state index in [1.54, 1.807) is 4.68 Å². The Labute approximate surface area is 169 Å². The van der Waals surface area contributed by atoms with Gasteiger partial charge in [0.1, 0.15) is 18.3 Å². The van der Waals surface area contributed by atoms with Crippen molar-refractivity contribution in [2.24, 2.45) is 11.8 Å². The lowest BCUT2D eigenvalue weighted by Gasteiger charge is -2.41. The summed E-state index contributed by atoms with van der Waals surface area (Å²) in [4.78, 5) is 32.2. The zero-order valence-corrected chi connectivity index (χ0v) is 16.4. The SMILES string of the molecule is O=C(Cn1cnc2c(cnn2-c2ccccc2)c1=O)N1CC[C@H]2CCCC[C@@H]2C1. The molecule has 7 heteroatoms. The van der Waals surface area contributed by atoms with E-state index in [0.717, 1.165) is 31.1 Å². The first-order valence-electron chi connectivity index (χ1n) is 10.5. The average Bonchev–Trinajstić information content (AvgIpc) is 3.21. The number of nitrogens with zero attached hydrogens (tertiary/aromatic N) is 5. The van der Waals surface area contributed by atoms with Crippen LogP contribution in [0.5, 0.6) is 0 Å². The van der Waals surface area contributed by atoms with E-state index >= 15 is 0 Å². The van der Waals surface area contributed by atoms with Crippen LogP contribution in [0.2, 0.25) is 0 Å². The van der Waals surface area contributed by atoms with Crippen LogP contribution in [-0.4, -0.2) is 43.2 Å². The quantitative estimate of drug-likeness (QED) is 0.688. The fraction of sp³-hybridized carbons (Fsp3) is 0.455. The Balaban J connectivity index is 1.36. The zero-order valence-electron chi connectivity index (χ0n) is 16.4. The predicted octanol–water partition coefficient (Wildman–Crippen LogP) is 2.62. The molecule has 1 aliphatic carbocycles. The molecule has 0 unspecified atom stereocenters. The molecular formula is C22H25N5O2. The lowest BCUT2D eigenvalue weighted by Crippen LogP contribution is -2.46. The van der Waals surface area contributed by atoms with Gasteiger partial charge in [0, 0.05) is 13.1 Å². The topological polar surface area (TPSA) is 73.0 Å². The summed E-state index contributed by atoms with van der Waals surface area (Å²) in [5.74, 6) is 1.41. The lowest BCUT2D eigenvalue weighted by atomic mass is 9.75. The number of hydrogen-bond donors (Lipinski definition) is 0. The van der Waals surface area contributed by atoms with Crippen molar-refractivity contribution in [3.63, 3.8) is 0 Å². The normalized spacial score (nSPS) is 21.9. The number of hydrogen-bond acceptors (Lipinski definition) is 4. The minimum atomic E-state index is -0.224. The fourth-order valence-electron chi connectivity index (χ4n) is 4.89. The summed E-state index contributed by atoms with van der Waals surface area (Å²) >= 11 is 0. The van der Waals surface area contributed by atoms with Crippen LogP contribution in [0.3, 0.4) is 0 Å². The fourth-order valence-corrected chi connectivity index (χ4v) is 4.89. The molecule has 0 N–H and O–H groups in total. The van der Waals surface area contributed by atoms with E-state index in [1.165, 1.54) is 42.8 Å². The first kappa shape index (κ1) is 18.1. The molecule has 3 heterocycles. The summed E-state index contributed by atoms with van der Waals surface area (Å²) in [6.07, 6.45) is 9.22. The van der Waals surface area contributed by atoms with Crippen molar-refractivity contribution in [3.05, 3.63) is 53.2 Å². The Morgan fingerprint density at radius 3 is 2.69 bits per heavy atom. The number of para-hydroxylation sites is 1. The molecule has 1 saturated heterocycles. The molecule has 3 aromatic rings. The largest absolute Gasteiger partial charge is 0.341 e. The highest BCUT2D eigenvalue weighted by Crippen LogP contribution is 2.36. The van der Waals surface area contributed by atoms with Gasteiger partial charge >= 0.3 is 0 Å². The maximum atomic E-state index is 12.9. The van der Waals surface area contributed by atoms with Crippen molar-refractivity contribution in [1.29, 1.82) is 0 Å². The van der Waals surface area contributed by atoms with Crippen molar-refractivity contribution >= 4 is 16.9 Å². The van der Waals surface area contributed by atoms with E-state index in [1.807, 2.05) is 35.2 Å². The third kappa shape index (κ3) is 3.34. The van der Waals surface area contributed by atoms with Gasteiger partial charge in [0.25, 0.3) is 5.56 Å². The van der Waals surface area contributed by atoms with Crippen molar-refractivity contribution in [1.82, 2.24) is 24.2 Å². The molecule has 5 rings (SSSR count). The Hall–Kier alpha value is -2.96. The number of piperidine rings is 1. The molecule has 29 heavy (non-hydrogen) atoms. The summed E-state index contributed by atoms with van der Waals surface area (Å²) in [5, 5.41) is 4.75. The summed E-state index contributed by atoms with van der Waals surface area (Å²) < 4.78 is 3.06. The van der Waals surface area contributed by atoms with Crippen molar-refractivity contribution in [2.75, 3.05) is 13.1 Å². The molecule has 1 aromatic carbocycles. The Morgan fingerprint density at radius 1 is 1.07 bits per heavy atom. The molecule has 1 saturated carbocycles. The first-order chi connectivity index (χ1) is 14.2. The van der Waals surface area contributed by atoms with E-state index in [0.29, 0.717) is 17.0 Å². The Bertz CT molecular complexity index is 1090. The highest BCUT2D eigenvalue weighted by Gasteiger charge is 2.33. The molecule has 2 aromatic heterocycles. The van der Waals surface area contributed by atoms with Crippen LogP contribution in [0.15, 0.2) is 47.7 Å². The molecular weight excluding hydrogens is 366 g/mol. The molecule has 0 bridgehead atoms. The molecule has 0 spiro atoms. The molecule has 1 amide bonds. The molecule has 1 aliphatic heterocycles. The standard InChI is InChI=1S/C22H25N5O2/c28-20(25-11-10-16-6-4-5-7-17(16)13-25)14-26-15-23-21-19(22(26)29)12-24-27(21)18-8-2-1-3-9-18/h1-3,8-9,12,15-17H,4-7,10-11,13-14H2/t16-,17-/m1/s1. The van der Waals surface area contributed by atoms with Gasteiger partial charge in [0.05, 0.1) is 11.9 Å². The van der Waals surface area contributed by atoms with Crippen molar-refractivity contribution < 1.29 is 4.79 Å². The molecule has 2 atom stereocenters. The first-order valence-corrected chi connectivity index (χ1v) is 10.5. The van der Waals surface area contributed by atoms with Gasteiger partial charge in [-0.1, -0.05) is 37.5 Å². The van der Waals surface area contributed by atoms with Gasteiger partial charge in [-0.2, -0.15) is 5.10 Å². The van der Waals surface area contributed by atoms with Crippen LogP contribution in [0.4, 0.5) is 0 Å². The second-order valence-electron chi connectivity index (χ2n) is 8.24. The van der Waals surface area contributed by atoms with E-state index in [-0.39, 0.29) is 18.0 Å². The smallest absolute Gasteiger partial charge is 0.264 e. The van der Waals surface area contributed by atoms with Gasteiger partial charge in [-0.05, 0) is 36.8 Å². The van der Waals surface area contributed by atoms with Gasteiger partial charge < -0.3 is 4.90 Å². The van der Waals surface area contributed by atoms with Crippen molar-refractivity contribution in [3.8, 4) is 5.69 Å². The Morgan fingerprint density at radius 2 is 1.86 bits per heavy atom. The second kappa shape index (κ2) is 7.46. The maximum Gasteiger partial charge on any atom is 0.264 e. The molecule has 2 aliphatic rings. The van der Waals surface area contributed by atoms with Gasteiger partial charge in [0.15, 0.2) is 5.65 Å². The minimum Gasteiger partial charge on any atom is -0.341 e. The maximum absolute atomic E-state index is 12.9. The van der Waals surface area contributed by atoms with Crippen LogP contribution in [-0.2, 0) is 11.3 Å². The number of benzene rings is 1. The van der Waals surface area contributed by atoms with Crippen LogP contribution >= 0.6 is 0 Å². The average molecular weight is 391 g/mol. The molecule has 7 nitrogen and oxygen atoms in total.